The Balaban J connectivity index is 1.81. The number of benzene rings is 1. The molecule has 28 heavy (non-hydrogen) atoms. The van der Waals surface area contributed by atoms with Gasteiger partial charge in [0.1, 0.15) is 28.8 Å². The third kappa shape index (κ3) is 3.95. The topological polar surface area (TPSA) is 87.8 Å². The molecule has 3 aromatic rings. The summed E-state index contributed by atoms with van der Waals surface area (Å²) >= 11 is 0. The lowest BCUT2D eigenvalue weighted by Gasteiger charge is -2.14. The van der Waals surface area contributed by atoms with E-state index in [4.69, 9.17) is 18.6 Å². The summed E-state index contributed by atoms with van der Waals surface area (Å²) < 4.78 is 23.5. The number of amides is 1. The number of hydrogen-bond donors (Lipinski definition) is 1. The van der Waals surface area contributed by atoms with Crippen molar-refractivity contribution in [2.45, 2.75) is 13.3 Å². The molecule has 0 saturated carbocycles. The fraction of sp³-hybridized carbons (Fsp3) is 0.300. The van der Waals surface area contributed by atoms with Crippen LogP contribution in [0.1, 0.15) is 27.6 Å². The van der Waals surface area contributed by atoms with Gasteiger partial charge in [0.2, 0.25) is 0 Å². The average molecular weight is 385 g/mol. The molecule has 3 rings (SSSR count). The Labute approximate surface area is 163 Å². The van der Waals surface area contributed by atoms with Gasteiger partial charge in [-0.15, -0.1) is 0 Å². The van der Waals surface area contributed by atoms with Gasteiger partial charge in [-0.25, -0.2) is 0 Å². The van der Waals surface area contributed by atoms with Crippen molar-refractivity contribution in [1.82, 2.24) is 9.78 Å². The monoisotopic (exact) mass is 385 g/mol. The Hall–Kier alpha value is -3.42. The number of nitrogens with one attached hydrogen (secondary N) is 1. The van der Waals surface area contributed by atoms with Crippen molar-refractivity contribution in [2.24, 2.45) is 7.05 Å². The maximum absolute atomic E-state index is 12.5. The quantitative estimate of drug-likeness (QED) is 0.672. The highest BCUT2D eigenvalue weighted by Gasteiger charge is 2.18. The molecule has 0 bridgehead atoms. The van der Waals surface area contributed by atoms with Crippen molar-refractivity contribution in [3.63, 3.8) is 0 Å². The van der Waals surface area contributed by atoms with Crippen molar-refractivity contribution in [3.05, 3.63) is 53.1 Å². The Morgan fingerprint density at radius 2 is 1.79 bits per heavy atom. The largest absolute Gasteiger partial charge is 0.496 e. The number of methoxy groups -OCH3 is 3. The molecule has 0 saturated heterocycles. The predicted octanol–water partition coefficient (Wildman–Crippen LogP) is 3.19. The number of anilines is 1. The van der Waals surface area contributed by atoms with Gasteiger partial charge in [-0.1, -0.05) is 0 Å². The van der Waals surface area contributed by atoms with Crippen molar-refractivity contribution < 1.29 is 23.4 Å². The van der Waals surface area contributed by atoms with Crippen LogP contribution in [-0.2, 0) is 13.5 Å². The number of furan rings is 1. The fourth-order valence-corrected chi connectivity index (χ4v) is 2.93. The van der Waals surface area contributed by atoms with E-state index in [-0.39, 0.29) is 11.7 Å². The van der Waals surface area contributed by atoms with Crippen LogP contribution in [0.2, 0.25) is 0 Å². The smallest absolute Gasteiger partial charge is 0.292 e. The first-order chi connectivity index (χ1) is 13.4. The van der Waals surface area contributed by atoms with Crippen LogP contribution in [0, 0.1) is 6.92 Å². The molecule has 0 unspecified atom stereocenters. The minimum Gasteiger partial charge on any atom is -0.496 e. The summed E-state index contributed by atoms with van der Waals surface area (Å²) in [5.41, 5.74) is 1.62. The van der Waals surface area contributed by atoms with Gasteiger partial charge in [-0.2, -0.15) is 5.10 Å². The van der Waals surface area contributed by atoms with Crippen molar-refractivity contribution in [3.8, 4) is 17.2 Å². The lowest BCUT2D eigenvalue weighted by atomic mass is 10.1. The van der Waals surface area contributed by atoms with Crippen LogP contribution in [0.5, 0.6) is 17.2 Å². The molecule has 148 valence electrons. The lowest BCUT2D eigenvalue weighted by Crippen LogP contribution is -2.13. The molecule has 0 fully saturated rings. The van der Waals surface area contributed by atoms with E-state index in [9.17, 15) is 4.79 Å². The highest BCUT2D eigenvalue weighted by Crippen LogP contribution is 2.35. The van der Waals surface area contributed by atoms with Crippen LogP contribution in [0.15, 0.2) is 34.7 Å². The molecule has 0 atom stereocenters. The number of carbonyl (C=O) groups excluding carboxylic acids is 1. The van der Waals surface area contributed by atoms with Gasteiger partial charge >= 0.3 is 0 Å². The Morgan fingerprint density at radius 1 is 1.11 bits per heavy atom. The van der Waals surface area contributed by atoms with Gasteiger partial charge in [0.25, 0.3) is 5.91 Å². The number of ether oxygens (including phenoxy) is 3. The summed E-state index contributed by atoms with van der Waals surface area (Å²) in [7, 11) is 6.50. The molecule has 2 heterocycles. The molecule has 0 aliphatic rings. The molecule has 1 amide bonds. The highest BCUT2D eigenvalue weighted by molar-refractivity contribution is 6.01. The van der Waals surface area contributed by atoms with Gasteiger partial charge < -0.3 is 23.9 Å². The van der Waals surface area contributed by atoms with Crippen LogP contribution in [0.4, 0.5) is 5.82 Å². The van der Waals surface area contributed by atoms with E-state index in [0.717, 1.165) is 11.3 Å². The summed E-state index contributed by atoms with van der Waals surface area (Å²) in [4.78, 5) is 12.5. The second-order valence-corrected chi connectivity index (χ2v) is 6.20. The van der Waals surface area contributed by atoms with Gasteiger partial charge in [0.05, 0.1) is 27.0 Å². The van der Waals surface area contributed by atoms with E-state index in [1.54, 1.807) is 63.4 Å². The van der Waals surface area contributed by atoms with Crippen LogP contribution in [0.25, 0.3) is 0 Å². The Morgan fingerprint density at radius 3 is 2.32 bits per heavy atom. The normalized spacial score (nSPS) is 10.6. The lowest BCUT2D eigenvalue weighted by molar-refractivity contribution is 0.0994. The van der Waals surface area contributed by atoms with E-state index in [1.807, 2.05) is 6.92 Å². The van der Waals surface area contributed by atoms with Crippen molar-refractivity contribution in [1.29, 1.82) is 0 Å². The summed E-state index contributed by atoms with van der Waals surface area (Å²) in [5.74, 6) is 2.92. The fourth-order valence-electron chi connectivity index (χ4n) is 2.93. The number of carbonyl (C=O) groups is 1. The van der Waals surface area contributed by atoms with E-state index >= 15 is 0 Å². The predicted molar refractivity (Wildman–Crippen MR) is 104 cm³/mol. The zero-order chi connectivity index (χ0) is 20.3. The van der Waals surface area contributed by atoms with Gasteiger partial charge in [-0.3, -0.25) is 9.48 Å². The summed E-state index contributed by atoms with van der Waals surface area (Å²) in [6.07, 6.45) is 0.397. The molecule has 1 aromatic carbocycles. The molecule has 8 nitrogen and oxygen atoms in total. The number of rotatable bonds is 7. The first-order valence-electron chi connectivity index (χ1n) is 8.64. The number of aryl methyl sites for hydroxylation is 2. The van der Waals surface area contributed by atoms with Crippen molar-refractivity contribution >= 4 is 11.7 Å². The maximum Gasteiger partial charge on any atom is 0.292 e. The first kappa shape index (κ1) is 19.3. The summed E-state index contributed by atoms with van der Waals surface area (Å²) in [6.45, 7) is 1.86. The molecule has 0 radical (unpaired) electrons. The molecule has 1 N–H and O–H groups in total. The number of nitrogens with zero attached hydrogens (tertiary/aromatic N) is 2. The molecular formula is C20H23N3O5. The van der Waals surface area contributed by atoms with Crippen LogP contribution >= 0.6 is 0 Å². The Bertz CT molecular complexity index is 965. The van der Waals surface area contributed by atoms with Crippen molar-refractivity contribution in [2.75, 3.05) is 26.6 Å². The van der Waals surface area contributed by atoms with E-state index in [2.05, 4.69) is 10.4 Å². The molecular weight excluding hydrogens is 362 g/mol. The molecule has 8 heteroatoms. The van der Waals surface area contributed by atoms with E-state index < -0.39 is 0 Å². The van der Waals surface area contributed by atoms with E-state index in [0.29, 0.717) is 35.2 Å². The first-order valence-corrected chi connectivity index (χ1v) is 8.64. The number of hydrogen-bond acceptors (Lipinski definition) is 6. The summed E-state index contributed by atoms with van der Waals surface area (Å²) in [5, 5.41) is 6.99. The SMILES string of the molecule is COc1cc(OC)c(Cc2ccc(C(=O)Nc3cc(C)nn3C)o2)c(OC)c1. The second-order valence-electron chi connectivity index (χ2n) is 6.20. The minimum atomic E-state index is -0.345. The number of aromatic nitrogens is 2. The van der Waals surface area contributed by atoms with Gasteiger partial charge in [-0.05, 0) is 19.1 Å². The zero-order valence-corrected chi connectivity index (χ0v) is 16.5. The second kappa shape index (κ2) is 8.08. The minimum absolute atomic E-state index is 0.209. The highest BCUT2D eigenvalue weighted by atomic mass is 16.5. The van der Waals surface area contributed by atoms with Crippen LogP contribution in [0.3, 0.4) is 0 Å². The van der Waals surface area contributed by atoms with Gasteiger partial charge in [0.15, 0.2) is 5.76 Å². The van der Waals surface area contributed by atoms with E-state index in [1.165, 1.54) is 0 Å². The molecule has 0 aliphatic carbocycles. The maximum atomic E-state index is 12.5. The summed E-state index contributed by atoms with van der Waals surface area (Å²) in [6, 6.07) is 8.73. The molecule has 0 aliphatic heterocycles. The zero-order valence-electron chi connectivity index (χ0n) is 16.5. The Kier molecular flexibility index (Phi) is 5.58. The molecule has 0 spiro atoms. The van der Waals surface area contributed by atoms with Gasteiger partial charge in [0, 0.05) is 37.2 Å². The third-order valence-corrected chi connectivity index (χ3v) is 4.30. The molecule has 2 aromatic heterocycles. The van der Waals surface area contributed by atoms with Crippen LogP contribution < -0.4 is 19.5 Å². The third-order valence-electron chi connectivity index (χ3n) is 4.30. The van der Waals surface area contributed by atoms with Crippen LogP contribution in [-0.4, -0.2) is 37.0 Å². The standard InChI is InChI=1S/C20H23N3O5/c1-12-8-19(23(2)22-12)21-20(24)16-7-6-13(28-16)9-15-17(26-4)10-14(25-3)11-18(15)27-5/h6-8,10-11H,9H2,1-5H3,(H,21,24). The average Bonchev–Trinajstić information content (AvgIpc) is 3.27.